The second-order valence-electron chi connectivity index (χ2n) is 3.70. The molecule has 0 aliphatic heterocycles. The molecule has 1 N–H and O–H groups in total. The van der Waals surface area contributed by atoms with E-state index in [1.165, 1.54) is 19.1 Å². The molecule has 0 aliphatic rings. The van der Waals surface area contributed by atoms with E-state index in [2.05, 4.69) is 4.98 Å². The zero-order valence-corrected chi connectivity index (χ0v) is 9.32. The van der Waals surface area contributed by atoms with Gasteiger partial charge in [-0.1, -0.05) is 6.07 Å². The molecule has 0 fully saturated rings. The van der Waals surface area contributed by atoms with Crippen molar-refractivity contribution in [1.82, 2.24) is 4.98 Å². The van der Waals surface area contributed by atoms with Crippen LogP contribution in [-0.4, -0.2) is 16.1 Å². The normalized spacial score (nSPS) is 10.5. The lowest BCUT2D eigenvalue weighted by Crippen LogP contribution is -1.98. The first-order valence-electron chi connectivity index (χ1n) is 4.96. The fourth-order valence-corrected chi connectivity index (χ4v) is 1.57. The number of aromatic carboxylic acids is 1. The maximum atomic E-state index is 13.7. The van der Waals surface area contributed by atoms with E-state index in [4.69, 9.17) is 9.52 Å². The van der Waals surface area contributed by atoms with Crippen LogP contribution in [0.15, 0.2) is 22.6 Å². The van der Waals surface area contributed by atoms with Crippen molar-refractivity contribution in [3.63, 3.8) is 0 Å². The number of carbonyl (C=O) groups is 1. The zero-order chi connectivity index (χ0) is 12.6. The molecule has 2 rings (SSSR count). The molecule has 0 amide bonds. The van der Waals surface area contributed by atoms with Crippen molar-refractivity contribution in [2.45, 2.75) is 13.8 Å². The van der Waals surface area contributed by atoms with E-state index < -0.39 is 11.8 Å². The van der Waals surface area contributed by atoms with Crippen LogP contribution in [0.1, 0.15) is 22.0 Å². The number of hydrogen-bond donors (Lipinski definition) is 1. The van der Waals surface area contributed by atoms with Crippen molar-refractivity contribution in [2.75, 3.05) is 0 Å². The largest absolute Gasteiger partial charge is 0.475 e. The minimum atomic E-state index is -1.26. The Kier molecular flexibility index (Phi) is 2.67. The van der Waals surface area contributed by atoms with Crippen LogP contribution in [0.4, 0.5) is 4.39 Å². The van der Waals surface area contributed by atoms with Crippen molar-refractivity contribution in [1.29, 1.82) is 0 Å². The third kappa shape index (κ3) is 2.04. The first-order valence-corrected chi connectivity index (χ1v) is 4.96. The molecule has 0 saturated heterocycles. The number of halogens is 1. The fraction of sp³-hybridized carbons (Fsp3) is 0.167. The van der Waals surface area contributed by atoms with Crippen LogP contribution in [0.5, 0.6) is 0 Å². The standard InChI is InChI=1S/C12H10FNO3/c1-6-3-4-8(9(13)5-6)10-11(12(15)16)17-7(2)14-10/h3-5H,1-2H3,(H,15,16). The average Bonchev–Trinajstić information content (AvgIpc) is 2.60. The van der Waals surface area contributed by atoms with E-state index in [0.29, 0.717) is 0 Å². The molecule has 88 valence electrons. The summed E-state index contributed by atoms with van der Waals surface area (Å²) in [5.41, 5.74) is 0.903. The molecule has 2 aromatic rings. The quantitative estimate of drug-likeness (QED) is 0.869. The number of carboxylic acids is 1. The van der Waals surface area contributed by atoms with E-state index in [1.807, 2.05) is 0 Å². The third-order valence-corrected chi connectivity index (χ3v) is 2.31. The molecule has 5 heteroatoms. The second-order valence-corrected chi connectivity index (χ2v) is 3.70. The van der Waals surface area contributed by atoms with Crippen LogP contribution in [0.2, 0.25) is 0 Å². The number of aryl methyl sites for hydroxylation is 2. The van der Waals surface area contributed by atoms with Crippen LogP contribution < -0.4 is 0 Å². The maximum Gasteiger partial charge on any atom is 0.374 e. The van der Waals surface area contributed by atoms with Gasteiger partial charge in [0.05, 0.1) is 0 Å². The second kappa shape index (κ2) is 4.01. The Morgan fingerprint density at radius 1 is 1.41 bits per heavy atom. The van der Waals surface area contributed by atoms with Gasteiger partial charge < -0.3 is 9.52 Å². The molecule has 0 radical (unpaired) electrons. The number of rotatable bonds is 2. The zero-order valence-electron chi connectivity index (χ0n) is 9.32. The number of nitrogens with zero attached hydrogens (tertiary/aromatic N) is 1. The lowest BCUT2D eigenvalue weighted by atomic mass is 10.1. The van der Waals surface area contributed by atoms with Gasteiger partial charge in [-0.05, 0) is 24.6 Å². The Morgan fingerprint density at radius 3 is 2.71 bits per heavy atom. The highest BCUT2D eigenvalue weighted by Gasteiger charge is 2.21. The first-order chi connectivity index (χ1) is 7.99. The van der Waals surface area contributed by atoms with Crippen molar-refractivity contribution in [2.24, 2.45) is 0 Å². The molecular weight excluding hydrogens is 225 g/mol. The molecule has 0 unspecified atom stereocenters. The maximum absolute atomic E-state index is 13.7. The summed E-state index contributed by atoms with van der Waals surface area (Å²) in [6.07, 6.45) is 0. The molecular formula is C12H10FNO3. The summed E-state index contributed by atoms with van der Waals surface area (Å²) in [6, 6.07) is 4.51. The van der Waals surface area contributed by atoms with Crippen molar-refractivity contribution < 1.29 is 18.7 Å². The van der Waals surface area contributed by atoms with Gasteiger partial charge in [0, 0.05) is 12.5 Å². The van der Waals surface area contributed by atoms with Gasteiger partial charge in [-0.2, -0.15) is 0 Å². The minimum absolute atomic E-state index is 0.0208. The number of aromatic nitrogens is 1. The van der Waals surface area contributed by atoms with Crippen LogP contribution in [0.3, 0.4) is 0 Å². The van der Waals surface area contributed by atoms with Crippen molar-refractivity contribution in [3.05, 3.63) is 41.2 Å². The number of benzene rings is 1. The van der Waals surface area contributed by atoms with Crippen LogP contribution in [0.25, 0.3) is 11.3 Å². The van der Waals surface area contributed by atoms with Gasteiger partial charge >= 0.3 is 5.97 Å². The van der Waals surface area contributed by atoms with Gasteiger partial charge in [-0.15, -0.1) is 0 Å². The molecule has 0 spiro atoms. The highest BCUT2D eigenvalue weighted by molar-refractivity contribution is 5.91. The molecule has 0 saturated carbocycles. The predicted molar refractivity (Wildman–Crippen MR) is 58.3 cm³/mol. The number of oxazole rings is 1. The summed E-state index contributed by atoms with van der Waals surface area (Å²) >= 11 is 0. The predicted octanol–water partition coefficient (Wildman–Crippen LogP) is 2.80. The van der Waals surface area contributed by atoms with Gasteiger partial charge in [0.25, 0.3) is 0 Å². The summed E-state index contributed by atoms with van der Waals surface area (Å²) in [5, 5.41) is 8.93. The number of hydrogen-bond acceptors (Lipinski definition) is 3. The fourth-order valence-electron chi connectivity index (χ4n) is 1.57. The monoisotopic (exact) mass is 235 g/mol. The lowest BCUT2D eigenvalue weighted by molar-refractivity contribution is 0.0662. The third-order valence-electron chi connectivity index (χ3n) is 2.31. The van der Waals surface area contributed by atoms with Gasteiger partial charge in [0.1, 0.15) is 11.5 Å². The average molecular weight is 235 g/mol. The van der Waals surface area contributed by atoms with E-state index in [1.54, 1.807) is 13.0 Å². The van der Waals surface area contributed by atoms with Crippen LogP contribution >= 0.6 is 0 Å². The van der Waals surface area contributed by atoms with Crippen molar-refractivity contribution in [3.8, 4) is 11.3 Å². The van der Waals surface area contributed by atoms with Gasteiger partial charge in [-0.3, -0.25) is 0 Å². The Balaban J connectivity index is 2.63. The smallest absolute Gasteiger partial charge is 0.374 e. The van der Waals surface area contributed by atoms with Crippen molar-refractivity contribution >= 4 is 5.97 Å². The van der Waals surface area contributed by atoms with Gasteiger partial charge in [0.2, 0.25) is 5.76 Å². The SMILES string of the molecule is Cc1ccc(-c2nc(C)oc2C(=O)O)c(F)c1. The van der Waals surface area contributed by atoms with E-state index >= 15 is 0 Å². The summed E-state index contributed by atoms with van der Waals surface area (Å²) in [4.78, 5) is 14.8. The Hall–Kier alpha value is -2.17. The molecule has 1 aromatic heterocycles. The van der Waals surface area contributed by atoms with Gasteiger partial charge in [0.15, 0.2) is 5.89 Å². The molecule has 4 nitrogen and oxygen atoms in total. The topological polar surface area (TPSA) is 63.3 Å². The minimum Gasteiger partial charge on any atom is -0.475 e. The number of carboxylic acid groups (broad SMARTS) is 1. The Bertz CT molecular complexity index is 589. The molecule has 0 aliphatic carbocycles. The molecule has 0 atom stereocenters. The molecule has 1 heterocycles. The summed E-state index contributed by atoms with van der Waals surface area (Å²) in [5.74, 6) is -1.93. The van der Waals surface area contributed by atoms with E-state index in [9.17, 15) is 9.18 Å². The first kappa shape index (κ1) is 11.3. The van der Waals surface area contributed by atoms with E-state index in [-0.39, 0.29) is 22.9 Å². The van der Waals surface area contributed by atoms with E-state index in [0.717, 1.165) is 5.56 Å². The Morgan fingerprint density at radius 2 is 2.12 bits per heavy atom. The van der Waals surface area contributed by atoms with Crippen LogP contribution in [-0.2, 0) is 0 Å². The summed E-state index contributed by atoms with van der Waals surface area (Å²) < 4.78 is 18.7. The lowest BCUT2D eigenvalue weighted by Gasteiger charge is -2.01. The molecule has 0 bridgehead atoms. The highest BCUT2D eigenvalue weighted by Crippen LogP contribution is 2.27. The molecule has 1 aromatic carbocycles. The Labute approximate surface area is 96.7 Å². The van der Waals surface area contributed by atoms with Gasteiger partial charge in [-0.25, -0.2) is 14.2 Å². The summed E-state index contributed by atoms with van der Waals surface area (Å²) in [7, 11) is 0. The highest BCUT2D eigenvalue weighted by atomic mass is 19.1. The summed E-state index contributed by atoms with van der Waals surface area (Å²) in [6.45, 7) is 3.26. The van der Waals surface area contributed by atoms with Crippen LogP contribution in [0, 0.1) is 19.7 Å². The molecule has 17 heavy (non-hydrogen) atoms.